The highest BCUT2D eigenvalue weighted by Gasteiger charge is 2.23. The van der Waals surface area contributed by atoms with E-state index >= 15 is 0 Å². The largest absolute Gasteiger partial charge is 0.493 e. The summed E-state index contributed by atoms with van der Waals surface area (Å²) in [6, 6.07) is 25.0. The van der Waals surface area contributed by atoms with E-state index in [2.05, 4.69) is 0 Å². The molecule has 3 aromatic rings. The third kappa shape index (κ3) is 5.38. The number of hydrogen-bond acceptors (Lipinski definition) is 4. The van der Waals surface area contributed by atoms with Crippen molar-refractivity contribution in [3.63, 3.8) is 0 Å². The Hall–Kier alpha value is -2.75. The number of rotatable bonds is 8. The highest BCUT2D eigenvalue weighted by atomic mass is 31.2. The van der Waals surface area contributed by atoms with E-state index in [4.69, 9.17) is 14.0 Å². The first-order valence-electron chi connectivity index (χ1n) is 8.14. The van der Waals surface area contributed by atoms with Gasteiger partial charge in [0.1, 0.15) is 18.1 Å². The van der Waals surface area contributed by atoms with Crippen LogP contribution in [-0.2, 0) is 4.57 Å². The van der Waals surface area contributed by atoms with E-state index in [0.717, 1.165) is 0 Å². The molecule has 0 aliphatic carbocycles. The molecule has 0 aliphatic heterocycles. The fourth-order valence-corrected chi connectivity index (χ4v) is 3.09. The molecule has 1 N–H and O–H groups in total. The molecule has 3 rings (SSSR count). The summed E-state index contributed by atoms with van der Waals surface area (Å²) in [5.74, 6) is 1.84. The summed E-state index contributed by atoms with van der Waals surface area (Å²) in [4.78, 5) is 10.1. The van der Waals surface area contributed by atoms with Crippen molar-refractivity contribution < 1.29 is 23.5 Å². The van der Waals surface area contributed by atoms with Crippen molar-refractivity contribution in [1.29, 1.82) is 0 Å². The lowest BCUT2D eigenvalue weighted by Gasteiger charge is -2.16. The van der Waals surface area contributed by atoms with E-state index in [-0.39, 0.29) is 18.5 Å². The smallest absolute Gasteiger partial charge is 0.380 e. The predicted molar refractivity (Wildman–Crippen MR) is 100 cm³/mol. The molecule has 3 aromatic carbocycles. The first-order valence-corrected chi connectivity index (χ1v) is 9.90. The normalized spacial score (nSPS) is 12.8. The number of hydrogen-bond donors (Lipinski definition) is 1. The van der Waals surface area contributed by atoms with Crippen LogP contribution in [0.25, 0.3) is 0 Å². The lowest BCUT2D eigenvalue weighted by molar-refractivity contribution is 0.316. The Morgan fingerprint density at radius 1 is 0.731 bits per heavy atom. The second kappa shape index (κ2) is 8.56. The van der Waals surface area contributed by atoms with Gasteiger partial charge in [0.15, 0.2) is 11.5 Å². The number of benzene rings is 3. The highest BCUT2D eigenvalue weighted by Crippen LogP contribution is 2.46. The van der Waals surface area contributed by atoms with Gasteiger partial charge in [-0.15, -0.1) is 0 Å². The molecule has 0 aliphatic rings. The molecule has 5 nitrogen and oxygen atoms in total. The van der Waals surface area contributed by atoms with Crippen molar-refractivity contribution >= 4 is 7.60 Å². The van der Waals surface area contributed by atoms with Crippen LogP contribution in [0.3, 0.4) is 0 Å². The van der Waals surface area contributed by atoms with Gasteiger partial charge in [-0.3, -0.25) is 0 Å². The SMILES string of the molecule is O=P(O)(CCOc1ccccc1)Oc1ccccc1Oc1ccccc1. The first kappa shape index (κ1) is 18.1. The van der Waals surface area contributed by atoms with Gasteiger partial charge < -0.3 is 18.9 Å². The van der Waals surface area contributed by atoms with Crippen molar-refractivity contribution in [3.8, 4) is 23.0 Å². The maximum absolute atomic E-state index is 12.4. The summed E-state index contributed by atoms with van der Waals surface area (Å²) in [6.07, 6.45) is -0.137. The lowest BCUT2D eigenvalue weighted by Crippen LogP contribution is -2.07. The van der Waals surface area contributed by atoms with Crippen LogP contribution in [0.2, 0.25) is 0 Å². The molecule has 1 atom stereocenters. The number of para-hydroxylation sites is 4. The van der Waals surface area contributed by atoms with Crippen LogP contribution < -0.4 is 14.0 Å². The Balaban J connectivity index is 1.63. The zero-order chi connectivity index (χ0) is 18.2. The first-order chi connectivity index (χ1) is 12.6. The standard InChI is InChI=1S/C20H19O5P/c21-26(22,16-15-23-17-9-3-1-4-10-17)25-20-14-8-7-13-19(20)24-18-11-5-2-6-12-18/h1-14H,15-16H2,(H,21,22). The molecule has 0 heterocycles. The molecule has 26 heavy (non-hydrogen) atoms. The van der Waals surface area contributed by atoms with Crippen LogP contribution in [0.1, 0.15) is 0 Å². The fraction of sp³-hybridized carbons (Fsp3) is 0.100. The summed E-state index contributed by atoms with van der Waals surface area (Å²) in [7, 11) is -3.89. The van der Waals surface area contributed by atoms with E-state index in [1.807, 2.05) is 36.4 Å². The van der Waals surface area contributed by atoms with Crippen LogP contribution >= 0.6 is 7.60 Å². The Morgan fingerprint density at radius 2 is 1.27 bits per heavy atom. The minimum atomic E-state index is -3.89. The van der Waals surface area contributed by atoms with Crippen molar-refractivity contribution in [2.24, 2.45) is 0 Å². The average Bonchev–Trinajstić information content (AvgIpc) is 2.65. The van der Waals surface area contributed by atoms with Crippen LogP contribution in [0.15, 0.2) is 84.9 Å². The van der Waals surface area contributed by atoms with Crippen molar-refractivity contribution in [2.75, 3.05) is 12.8 Å². The van der Waals surface area contributed by atoms with Gasteiger partial charge in [-0.05, 0) is 36.4 Å². The number of ether oxygens (including phenoxy) is 2. The fourth-order valence-electron chi connectivity index (χ4n) is 2.22. The van der Waals surface area contributed by atoms with Gasteiger partial charge in [-0.1, -0.05) is 48.5 Å². The van der Waals surface area contributed by atoms with Crippen LogP contribution in [0.4, 0.5) is 0 Å². The summed E-state index contributed by atoms with van der Waals surface area (Å²) in [5, 5.41) is 0. The lowest BCUT2D eigenvalue weighted by atomic mass is 10.3. The van der Waals surface area contributed by atoms with Crippen LogP contribution in [-0.4, -0.2) is 17.7 Å². The third-order valence-corrected chi connectivity index (χ3v) is 4.68. The second-order valence-electron chi connectivity index (χ2n) is 5.48. The Morgan fingerprint density at radius 3 is 1.92 bits per heavy atom. The average molecular weight is 370 g/mol. The minimum absolute atomic E-state index is 0.0689. The maximum atomic E-state index is 12.4. The molecule has 0 amide bonds. The van der Waals surface area contributed by atoms with Gasteiger partial charge in [0, 0.05) is 0 Å². The van der Waals surface area contributed by atoms with E-state index in [1.165, 1.54) is 0 Å². The molecular weight excluding hydrogens is 351 g/mol. The van der Waals surface area contributed by atoms with E-state index in [1.54, 1.807) is 48.5 Å². The van der Waals surface area contributed by atoms with Gasteiger partial charge >= 0.3 is 7.60 Å². The summed E-state index contributed by atoms with van der Waals surface area (Å²) >= 11 is 0. The molecule has 0 bridgehead atoms. The van der Waals surface area contributed by atoms with E-state index < -0.39 is 7.60 Å². The van der Waals surface area contributed by atoms with Gasteiger partial charge in [0.05, 0.1) is 6.16 Å². The van der Waals surface area contributed by atoms with Gasteiger partial charge in [0.25, 0.3) is 0 Å². The molecular formula is C20H19O5P. The second-order valence-corrected chi connectivity index (χ2v) is 7.38. The zero-order valence-corrected chi connectivity index (χ0v) is 14.9. The third-order valence-electron chi connectivity index (χ3n) is 3.45. The van der Waals surface area contributed by atoms with Gasteiger partial charge in [-0.2, -0.15) is 0 Å². The zero-order valence-electron chi connectivity index (χ0n) is 14.0. The molecule has 6 heteroatoms. The predicted octanol–water partition coefficient (Wildman–Crippen LogP) is 5.12. The quantitative estimate of drug-likeness (QED) is 0.558. The monoisotopic (exact) mass is 370 g/mol. The minimum Gasteiger partial charge on any atom is -0.493 e. The van der Waals surface area contributed by atoms with Crippen molar-refractivity contribution in [1.82, 2.24) is 0 Å². The molecule has 1 unspecified atom stereocenters. The Bertz CT molecular complexity index is 868. The van der Waals surface area contributed by atoms with Gasteiger partial charge in [-0.25, -0.2) is 4.57 Å². The molecule has 0 radical (unpaired) electrons. The van der Waals surface area contributed by atoms with E-state index in [0.29, 0.717) is 17.2 Å². The molecule has 134 valence electrons. The van der Waals surface area contributed by atoms with E-state index in [9.17, 15) is 9.46 Å². The summed E-state index contributed by atoms with van der Waals surface area (Å²) in [5.41, 5.74) is 0. The molecule has 0 spiro atoms. The maximum Gasteiger partial charge on any atom is 0.380 e. The highest BCUT2D eigenvalue weighted by molar-refractivity contribution is 7.53. The Kier molecular flexibility index (Phi) is 5.95. The summed E-state index contributed by atoms with van der Waals surface area (Å²) in [6.45, 7) is 0.0689. The van der Waals surface area contributed by atoms with Gasteiger partial charge in [0.2, 0.25) is 0 Å². The molecule has 0 saturated carbocycles. The molecule has 0 fully saturated rings. The van der Waals surface area contributed by atoms with Crippen molar-refractivity contribution in [3.05, 3.63) is 84.9 Å². The van der Waals surface area contributed by atoms with Crippen LogP contribution in [0.5, 0.6) is 23.0 Å². The summed E-state index contributed by atoms with van der Waals surface area (Å²) < 4.78 is 28.9. The Labute approximate surface area is 152 Å². The topological polar surface area (TPSA) is 65.0 Å². The van der Waals surface area contributed by atoms with Crippen molar-refractivity contribution in [2.45, 2.75) is 0 Å². The molecule has 0 saturated heterocycles. The molecule has 0 aromatic heterocycles. The van der Waals surface area contributed by atoms with Crippen LogP contribution in [0, 0.1) is 0 Å².